The molecule has 20 heavy (non-hydrogen) atoms. The van der Waals surface area contributed by atoms with Gasteiger partial charge in [0, 0.05) is 11.1 Å². The Balaban J connectivity index is 2.07. The molecule has 1 heterocycles. The Morgan fingerprint density at radius 2 is 1.85 bits per heavy atom. The fourth-order valence-electron chi connectivity index (χ4n) is 1.96. The molecule has 3 rings (SSSR count). The Hall–Kier alpha value is -2.79. The molecule has 0 unspecified atom stereocenters. The van der Waals surface area contributed by atoms with Crippen LogP contribution in [0.3, 0.4) is 0 Å². The first-order valence-electron chi connectivity index (χ1n) is 6.04. The summed E-state index contributed by atoms with van der Waals surface area (Å²) in [5, 5.41) is 8.62. The number of hydrogen-bond acceptors (Lipinski definition) is 4. The van der Waals surface area contributed by atoms with Crippen LogP contribution in [0.5, 0.6) is 0 Å². The van der Waals surface area contributed by atoms with Crippen LogP contribution in [0.25, 0.3) is 22.3 Å². The molecule has 98 valence electrons. The van der Waals surface area contributed by atoms with Crippen molar-refractivity contribution in [2.24, 2.45) is 0 Å². The predicted molar refractivity (Wildman–Crippen MR) is 74.2 cm³/mol. The Morgan fingerprint density at radius 1 is 1.05 bits per heavy atom. The van der Waals surface area contributed by atoms with E-state index in [-0.39, 0.29) is 0 Å². The van der Waals surface area contributed by atoms with Crippen molar-refractivity contribution >= 4 is 16.9 Å². The number of nitrogens with zero attached hydrogens (tertiary/aromatic N) is 2. The minimum atomic E-state index is -0.569. The number of carbonyl (C=O) groups is 1. The van der Waals surface area contributed by atoms with Gasteiger partial charge >= 0.3 is 0 Å². The zero-order valence-electron chi connectivity index (χ0n) is 10.4. The van der Waals surface area contributed by atoms with E-state index < -0.39 is 5.91 Å². The summed E-state index contributed by atoms with van der Waals surface area (Å²) in [5.41, 5.74) is 4.99. The topological polar surface area (TPSA) is 75.1 Å². The van der Waals surface area contributed by atoms with Crippen LogP contribution in [0.15, 0.2) is 54.7 Å². The molecule has 0 spiro atoms. The van der Waals surface area contributed by atoms with E-state index in [0.29, 0.717) is 16.6 Å². The van der Waals surface area contributed by atoms with Gasteiger partial charge in [-0.25, -0.2) is 10.5 Å². The highest BCUT2D eigenvalue weighted by molar-refractivity contribution is 5.96. The number of nitrogens with one attached hydrogen (secondary N) is 1. The summed E-state index contributed by atoms with van der Waals surface area (Å²) in [6.45, 7) is 0. The van der Waals surface area contributed by atoms with Gasteiger partial charge in [0.05, 0.1) is 22.9 Å². The molecule has 1 amide bonds. The second-order valence-electron chi connectivity index (χ2n) is 4.27. The van der Waals surface area contributed by atoms with Gasteiger partial charge in [0.15, 0.2) is 0 Å². The van der Waals surface area contributed by atoms with Crippen molar-refractivity contribution in [3.8, 4) is 11.3 Å². The van der Waals surface area contributed by atoms with Crippen molar-refractivity contribution < 1.29 is 10.0 Å². The highest BCUT2D eigenvalue weighted by Crippen LogP contribution is 2.19. The van der Waals surface area contributed by atoms with E-state index in [0.717, 1.165) is 11.3 Å². The lowest BCUT2D eigenvalue weighted by Gasteiger charge is -2.04. The molecule has 3 aromatic rings. The zero-order valence-corrected chi connectivity index (χ0v) is 10.4. The molecule has 0 saturated heterocycles. The molecule has 1 aromatic heterocycles. The maximum absolute atomic E-state index is 11.3. The van der Waals surface area contributed by atoms with Gasteiger partial charge in [-0.15, -0.1) is 0 Å². The van der Waals surface area contributed by atoms with Gasteiger partial charge in [-0.3, -0.25) is 15.0 Å². The van der Waals surface area contributed by atoms with Crippen LogP contribution < -0.4 is 5.48 Å². The summed E-state index contributed by atoms with van der Waals surface area (Å²) in [6, 6.07) is 14.6. The third-order valence-electron chi connectivity index (χ3n) is 2.98. The SMILES string of the molecule is O=C(NO)c1ccc2nc(-c3ccccc3)cnc2c1. The second-order valence-corrected chi connectivity index (χ2v) is 4.27. The molecule has 0 aliphatic rings. The van der Waals surface area contributed by atoms with Gasteiger partial charge in [0.25, 0.3) is 5.91 Å². The second kappa shape index (κ2) is 5.07. The number of hydroxylamine groups is 1. The van der Waals surface area contributed by atoms with Crippen LogP contribution in [-0.4, -0.2) is 21.1 Å². The van der Waals surface area contributed by atoms with Crippen LogP contribution in [0.1, 0.15) is 10.4 Å². The summed E-state index contributed by atoms with van der Waals surface area (Å²) in [5.74, 6) is -0.569. The number of fused-ring (bicyclic) bond motifs is 1. The van der Waals surface area contributed by atoms with Crippen molar-refractivity contribution in [1.82, 2.24) is 15.4 Å². The van der Waals surface area contributed by atoms with Gasteiger partial charge in [0.2, 0.25) is 0 Å². The van der Waals surface area contributed by atoms with Crippen molar-refractivity contribution in [2.45, 2.75) is 0 Å². The fourth-order valence-corrected chi connectivity index (χ4v) is 1.96. The largest absolute Gasteiger partial charge is 0.288 e. The van der Waals surface area contributed by atoms with Gasteiger partial charge in [-0.1, -0.05) is 30.3 Å². The monoisotopic (exact) mass is 265 g/mol. The molecule has 2 N–H and O–H groups in total. The first-order chi connectivity index (χ1) is 9.78. The highest BCUT2D eigenvalue weighted by Gasteiger charge is 2.07. The lowest BCUT2D eigenvalue weighted by Crippen LogP contribution is -2.18. The van der Waals surface area contributed by atoms with E-state index in [1.54, 1.807) is 29.9 Å². The number of amides is 1. The van der Waals surface area contributed by atoms with Gasteiger partial charge in [0.1, 0.15) is 0 Å². The van der Waals surface area contributed by atoms with E-state index >= 15 is 0 Å². The number of benzene rings is 2. The molecule has 0 radical (unpaired) electrons. The Morgan fingerprint density at radius 3 is 2.60 bits per heavy atom. The van der Waals surface area contributed by atoms with Gasteiger partial charge < -0.3 is 0 Å². The first-order valence-corrected chi connectivity index (χ1v) is 6.04. The fraction of sp³-hybridized carbons (Fsp3) is 0. The quantitative estimate of drug-likeness (QED) is 0.551. The molecule has 0 atom stereocenters. The van der Waals surface area contributed by atoms with E-state index in [2.05, 4.69) is 9.97 Å². The Kier molecular flexibility index (Phi) is 3.10. The van der Waals surface area contributed by atoms with Crippen molar-refractivity contribution in [3.05, 3.63) is 60.3 Å². The summed E-state index contributed by atoms with van der Waals surface area (Å²) >= 11 is 0. The van der Waals surface area contributed by atoms with E-state index in [1.807, 2.05) is 30.3 Å². The van der Waals surface area contributed by atoms with Crippen molar-refractivity contribution in [2.75, 3.05) is 0 Å². The van der Waals surface area contributed by atoms with Crippen LogP contribution in [0, 0.1) is 0 Å². The first kappa shape index (κ1) is 12.3. The Bertz CT molecular complexity index is 772. The maximum atomic E-state index is 11.3. The molecule has 0 aliphatic carbocycles. The lowest BCUT2D eigenvalue weighted by molar-refractivity contribution is 0.0706. The summed E-state index contributed by atoms with van der Waals surface area (Å²) in [4.78, 5) is 20.2. The average molecular weight is 265 g/mol. The molecule has 5 heteroatoms. The molecule has 0 saturated carbocycles. The maximum Gasteiger partial charge on any atom is 0.274 e. The van der Waals surface area contributed by atoms with Crippen LogP contribution in [0.2, 0.25) is 0 Å². The smallest absolute Gasteiger partial charge is 0.274 e. The third kappa shape index (κ3) is 2.22. The lowest BCUT2D eigenvalue weighted by atomic mass is 10.1. The van der Waals surface area contributed by atoms with E-state index in [9.17, 15) is 4.79 Å². The summed E-state index contributed by atoms with van der Waals surface area (Å²) < 4.78 is 0. The number of hydrogen-bond donors (Lipinski definition) is 2. The number of carbonyl (C=O) groups excluding carboxylic acids is 1. The Labute approximate surface area is 114 Å². The number of rotatable bonds is 2. The van der Waals surface area contributed by atoms with E-state index in [1.165, 1.54) is 0 Å². The minimum absolute atomic E-state index is 0.335. The highest BCUT2D eigenvalue weighted by atomic mass is 16.5. The molecule has 0 bridgehead atoms. The van der Waals surface area contributed by atoms with Crippen LogP contribution >= 0.6 is 0 Å². The van der Waals surface area contributed by atoms with Crippen molar-refractivity contribution in [1.29, 1.82) is 0 Å². The molecule has 0 fully saturated rings. The molecular formula is C15H11N3O2. The molecular weight excluding hydrogens is 254 g/mol. The van der Waals surface area contributed by atoms with Crippen LogP contribution in [-0.2, 0) is 0 Å². The van der Waals surface area contributed by atoms with Crippen LogP contribution in [0.4, 0.5) is 0 Å². The molecule has 2 aromatic carbocycles. The molecule has 5 nitrogen and oxygen atoms in total. The van der Waals surface area contributed by atoms with E-state index in [4.69, 9.17) is 5.21 Å². The van der Waals surface area contributed by atoms with Gasteiger partial charge in [-0.2, -0.15) is 0 Å². The predicted octanol–water partition coefficient (Wildman–Crippen LogP) is 2.42. The third-order valence-corrected chi connectivity index (χ3v) is 2.98. The minimum Gasteiger partial charge on any atom is -0.288 e. The zero-order chi connectivity index (χ0) is 13.9. The molecule has 0 aliphatic heterocycles. The van der Waals surface area contributed by atoms with Crippen molar-refractivity contribution in [3.63, 3.8) is 0 Å². The number of aromatic nitrogens is 2. The summed E-state index contributed by atoms with van der Waals surface area (Å²) in [6.07, 6.45) is 1.66. The normalized spacial score (nSPS) is 10.4. The summed E-state index contributed by atoms with van der Waals surface area (Å²) in [7, 11) is 0. The standard InChI is InChI=1S/C15H11N3O2/c19-15(18-20)11-6-7-12-13(8-11)16-9-14(17-12)10-4-2-1-3-5-10/h1-9,20H,(H,18,19). The van der Waals surface area contributed by atoms with Gasteiger partial charge in [-0.05, 0) is 18.2 Å². The average Bonchev–Trinajstić information content (AvgIpc) is 2.54.